The van der Waals surface area contributed by atoms with Crippen molar-refractivity contribution < 1.29 is 14.0 Å². The lowest BCUT2D eigenvalue weighted by Gasteiger charge is -2.37. The third-order valence-electron chi connectivity index (χ3n) is 3.65. The van der Waals surface area contributed by atoms with E-state index in [0.29, 0.717) is 19.6 Å². The van der Waals surface area contributed by atoms with Crippen molar-refractivity contribution in [1.82, 2.24) is 0 Å². The molecule has 0 aromatic carbocycles. The third-order valence-corrected chi connectivity index (χ3v) is 8.15. The zero-order valence-electron chi connectivity index (χ0n) is 11.1. The number of hydrogen-bond donors (Lipinski definition) is 0. The van der Waals surface area contributed by atoms with E-state index >= 15 is 0 Å². The van der Waals surface area contributed by atoms with E-state index in [1.165, 1.54) is 0 Å². The van der Waals surface area contributed by atoms with Gasteiger partial charge in [-0.25, -0.2) is 0 Å². The Balaban J connectivity index is 2.47. The Morgan fingerprint density at radius 3 is 2.56 bits per heavy atom. The third kappa shape index (κ3) is 3.40. The van der Waals surface area contributed by atoms with E-state index in [-0.39, 0.29) is 16.9 Å². The minimum absolute atomic E-state index is 0.185. The molecule has 0 aromatic heterocycles. The predicted molar refractivity (Wildman–Crippen MR) is 67.1 cm³/mol. The maximum Gasteiger partial charge on any atom is 0.192 e. The summed E-state index contributed by atoms with van der Waals surface area (Å²) in [5, 5.41) is 0.185. The molecule has 1 atom stereocenters. The molecule has 0 unspecified atom stereocenters. The molecule has 94 valence electrons. The molecular weight excluding hydrogens is 220 g/mol. The summed E-state index contributed by atoms with van der Waals surface area (Å²) in [5.41, 5.74) is 0. The number of hydrogen-bond acceptors (Lipinski definition) is 3. The summed E-state index contributed by atoms with van der Waals surface area (Å²) in [6, 6.07) is 0. The van der Waals surface area contributed by atoms with Crippen LogP contribution in [0.2, 0.25) is 18.1 Å². The van der Waals surface area contributed by atoms with E-state index < -0.39 is 8.32 Å². The van der Waals surface area contributed by atoms with Crippen molar-refractivity contribution in [2.75, 3.05) is 13.2 Å². The molecule has 4 heteroatoms. The predicted octanol–water partition coefficient (Wildman–Crippen LogP) is 2.76. The van der Waals surface area contributed by atoms with Crippen molar-refractivity contribution in [3.8, 4) is 0 Å². The van der Waals surface area contributed by atoms with Gasteiger partial charge in [-0.05, 0) is 24.6 Å². The van der Waals surface area contributed by atoms with Gasteiger partial charge in [0.2, 0.25) is 0 Å². The summed E-state index contributed by atoms with van der Waals surface area (Å²) in [6.07, 6.45) is 1.18. The van der Waals surface area contributed by atoms with Crippen molar-refractivity contribution >= 4 is 14.1 Å². The molecule has 1 aliphatic heterocycles. The summed E-state index contributed by atoms with van der Waals surface area (Å²) in [5.74, 6) is 0.199. The van der Waals surface area contributed by atoms with Gasteiger partial charge in [-0.1, -0.05) is 20.8 Å². The van der Waals surface area contributed by atoms with Crippen molar-refractivity contribution in [2.45, 2.75) is 57.8 Å². The van der Waals surface area contributed by atoms with Crippen LogP contribution in [0.1, 0.15) is 33.6 Å². The summed E-state index contributed by atoms with van der Waals surface area (Å²) >= 11 is 0. The van der Waals surface area contributed by atoms with Gasteiger partial charge >= 0.3 is 0 Å². The minimum atomic E-state index is -1.75. The normalized spacial score (nSPS) is 23.6. The lowest BCUT2D eigenvalue weighted by atomic mass is 10.1. The number of ether oxygens (including phenoxy) is 1. The van der Waals surface area contributed by atoms with Gasteiger partial charge in [0.25, 0.3) is 0 Å². The Kier molecular flexibility index (Phi) is 4.32. The summed E-state index contributed by atoms with van der Waals surface area (Å²) in [4.78, 5) is 11.6. The van der Waals surface area contributed by atoms with Gasteiger partial charge in [0.05, 0.1) is 6.61 Å². The molecule has 1 saturated heterocycles. The summed E-state index contributed by atoms with van der Waals surface area (Å²) < 4.78 is 11.4. The molecule has 16 heavy (non-hydrogen) atoms. The quantitative estimate of drug-likeness (QED) is 0.716. The molecule has 0 aromatic rings. The second-order valence-electron chi connectivity index (χ2n) is 6.00. The van der Waals surface area contributed by atoms with E-state index in [1.807, 2.05) is 0 Å². The highest BCUT2D eigenvalue weighted by atomic mass is 28.4. The van der Waals surface area contributed by atoms with Gasteiger partial charge in [0, 0.05) is 13.0 Å². The molecule has 0 spiro atoms. The number of rotatable bonds is 3. The molecule has 0 aliphatic carbocycles. The Morgan fingerprint density at radius 2 is 2.06 bits per heavy atom. The summed E-state index contributed by atoms with van der Waals surface area (Å²) in [7, 11) is -1.75. The first-order valence-corrected chi connectivity index (χ1v) is 8.93. The fourth-order valence-corrected chi connectivity index (χ4v) is 2.37. The van der Waals surface area contributed by atoms with Crippen LogP contribution in [0, 0.1) is 0 Å². The highest BCUT2D eigenvalue weighted by Gasteiger charge is 2.38. The number of carbonyl (C=O) groups excluding carboxylic acids is 1. The van der Waals surface area contributed by atoms with Crippen LogP contribution >= 0.6 is 0 Å². The number of carbonyl (C=O) groups is 1. The molecule has 0 radical (unpaired) electrons. The van der Waals surface area contributed by atoms with Crippen molar-refractivity contribution in [3.05, 3.63) is 0 Å². The maximum absolute atomic E-state index is 11.6. The lowest BCUT2D eigenvalue weighted by molar-refractivity contribution is -0.137. The van der Waals surface area contributed by atoms with Crippen molar-refractivity contribution in [2.24, 2.45) is 0 Å². The van der Waals surface area contributed by atoms with E-state index in [9.17, 15) is 4.79 Å². The Labute approximate surface area is 99.6 Å². The largest absolute Gasteiger partial charge is 0.414 e. The smallest absolute Gasteiger partial charge is 0.192 e. The van der Waals surface area contributed by atoms with E-state index in [4.69, 9.17) is 9.16 Å². The fourth-order valence-electron chi connectivity index (χ4n) is 1.37. The molecule has 3 nitrogen and oxygen atoms in total. The molecule has 0 saturated carbocycles. The Morgan fingerprint density at radius 1 is 1.44 bits per heavy atom. The molecule has 0 amide bonds. The van der Waals surface area contributed by atoms with Gasteiger partial charge in [-0.3, -0.25) is 4.79 Å². The SMILES string of the molecule is CC(C)(C)[Si](C)(C)OC[C@@H]1OCCCC1=O. The Bertz CT molecular complexity index is 255. The second-order valence-corrected chi connectivity index (χ2v) is 10.8. The van der Waals surface area contributed by atoms with Crippen LogP contribution in [-0.4, -0.2) is 33.4 Å². The topological polar surface area (TPSA) is 35.5 Å². The van der Waals surface area contributed by atoms with Crippen LogP contribution in [0.5, 0.6) is 0 Å². The van der Waals surface area contributed by atoms with Crippen molar-refractivity contribution in [3.63, 3.8) is 0 Å². The first-order chi connectivity index (χ1) is 7.24. The van der Waals surface area contributed by atoms with Crippen LogP contribution in [0.15, 0.2) is 0 Å². The lowest BCUT2D eigenvalue weighted by Crippen LogP contribution is -2.45. The van der Waals surface area contributed by atoms with Crippen molar-refractivity contribution in [1.29, 1.82) is 0 Å². The first-order valence-electron chi connectivity index (χ1n) is 6.02. The van der Waals surface area contributed by atoms with Crippen LogP contribution < -0.4 is 0 Å². The minimum Gasteiger partial charge on any atom is -0.414 e. The van der Waals surface area contributed by atoms with E-state index in [2.05, 4.69) is 33.9 Å². The van der Waals surface area contributed by atoms with Crippen LogP contribution in [0.4, 0.5) is 0 Å². The number of Topliss-reactive ketones (excluding diaryl/α,β-unsaturated/α-hetero) is 1. The maximum atomic E-state index is 11.6. The zero-order valence-corrected chi connectivity index (χ0v) is 12.1. The molecule has 0 bridgehead atoms. The van der Waals surface area contributed by atoms with Gasteiger partial charge in [0.1, 0.15) is 6.10 Å². The highest BCUT2D eigenvalue weighted by Crippen LogP contribution is 2.36. The molecule has 1 aliphatic rings. The fraction of sp³-hybridized carbons (Fsp3) is 0.917. The van der Waals surface area contributed by atoms with Gasteiger partial charge < -0.3 is 9.16 Å². The van der Waals surface area contributed by atoms with Gasteiger partial charge in [-0.2, -0.15) is 0 Å². The van der Waals surface area contributed by atoms with E-state index in [0.717, 1.165) is 6.42 Å². The number of ketones is 1. The average molecular weight is 244 g/mol. The standard InChI is InChI=1S/C12H24O3Si/c1-12(2,3)16(4,5)15-9-11-10(13)7-6-8-14-11/h11H,6-9H2,1-5H3/t11-/m0/s1. The average Bonchev–Trinajstić information content (AvgIpc) is 2.15. The molecule has 1 rings (SSSR count). The first kappa shape index (κ1) is 13.9. The van der Waals surface area contributed by atoms with Crippen LogP contribution in [0.25, 0.3) is 0 Å². The monoisotopic (exact) mass is 244 g/mol. The summed E-state index contributed by atoms with van der Waals surface area (Å²) in [6.45, 7) is 12.1. The highest BCUT2D eigenvalue weighted by molar-refractivity contribution is 6.74. The van der Waals surface area contributed by atoms with Gasteiger partial charge in [-0.15, -0.1) is 0 Å². The zero-order chi connectivity index (χ0) is 12.4. The molecule has 1 fully saturated rings. The van der Waals surface area contributed by atoms with Crippen LogP contribution in [0.3, 0.4) is 0 Å². The van der Waals surface area contributed by atoms with Gasteiger partial charge in [0.15, 0.2) is 14.1 Å². The van der Waals surface area contributed by atoms with Crippen LogP contribution in [-0.2, 0) is 14.0 Å². The molecule has 0 N–H and O–H groups in total. The molecular formula is C12H24O3Si. The second kappa shape index (κ2) is 4.98. The Hall–Kier alpha value is -0.193. The van der Waals surface area contributed by atoms with E-state index in [1.54, 1.807) is 0 Å². The molecule has 1 heterocycles.